The maximum atomic E-state index is 11.1. The van der Waals surface area contributed by atoms with Gasteiger partial charge in [0, 0.05) is 0 Å². The molecule has 0 aromatic carbocycles. The lowest BCUT2D eigenvalue weighted by molar-refractivity contribution is -0.645. The molecule has 0 aliphatic heterocycles. The number of aromatic amines is 2. The Hall–Kier alpha value is -1.65. The topological polar surface area (TPSA) is 65.4 Å². The number of imidazole rings is 1. The first-order chi connectivity index (χ1) is 5.29. The van der Waals surface area contributed by atoms with E-state index < -0.39 is 0 Å². The van der Waals surface area contributed by atoms with E-state index in [1.165, 1.54) is 6.33 Å². The van der Waals surface area contributed by atoms with Gasteiger partial charge in [-0.15, -0.1) is 0 Å². The second-order valence-corrected chi connectivity index (χ2v) is 2.31. The fourth-order valence-corrected chi connectivity index (χ4v) is 1.05. The van der Waals surface area contributed by atoms with Crippen LogP contribution in [0.3, 0.4) is 0 Å². The normalized spacial score (nSPS) is 10.6. The molecule has 0 saturated carbocycles. The SMILES string of the molecule is C[n+]1c[nH]c2nc[nH]c(=O)c21. The molecule has 11 heavy (non-hydrogen) atoms. The molecule has 0 amide bonds. The third kappa shape index (κ3) is 0.739. The second kappa shape index (κ2) is 1.91. The number of aromatic nitrogens is 4. The highest BCUT2D eigenvalue weighted by Gasteiger charge is 2.09. The molecule has 0 radical (unpaired) electrons. The van der Waals surface area contributed by atoms with Gasteiger partial charge in [-0.05, 0) is 0 Å². The molecular formula is C6H7N4O+. The maximum Gasteiger partial charge on any atom is 0.302 e. The summed E-state index contributed by atoms with van der Waals surface area (Å²) in [7, 11) is 1.79. The van der Waals surface area contributed by atoms with Gasteiger partial charge in [-0.25, -0.2) is 9.55 Å². The van der Waals surface area contributed by atoms with Crippen LogP contribution in [0, 0.1) is 0 Å². The molecule has 0 atom stereocenters. The van der Waals surface area contributed by atoms with Crippen LogP contribution in [0.1, 0.15) is 0 Å². The van der Waals surface area contributed by atoms with Crippen molar-refractivity contribution < 1.29 is 4.57 Å². The van der Waals surface area contributed by atoms with Crippen LogP contribution in [0.5, 0.6) is 0 Å². The number of H-pyrrole nitrogens is 2. The molecule has 2 N–H and O–H groups in total. The molecule has 0 unspecified atom stereocenters. The lowest BCUT2D eigenvalue weighted by Gasteiger charge is -1.82. The largest absolute Gasteiger partial charge is 0.309 e. The molecule has 2 rings (SSSR count). The number of hydrogen-bond donors (Lipinski definition) is 2. The van der Waals surface area contributed by atoms with Crippen molar-refractivity contribution in [3.8, 4) is 0 Å². The summed E-state index contributed by atoms with van der Waals surface area (Å²) in [5.74, 6) is 0. The first kappa shape index (κ1) is 6.09. The highest BCUT2D eigenvalue weighted by molar-refractivity contribution is 5.63. The van der Waals surface area contributed by atoms with Gasteiger partial charge >= 0.3 is 5.56 Å². The number of nitrogens with zero attached hydrogens (tertiary/aromatic N) is 2. The van der Waals surface area contributed by atoms with Crippen LogP contribution in [0.4, 0.5) is 0 Å². The average Bonchev–Trinajstić information content (AvgIpc) is 2.34. The fraction of sp³-hybridized carbons (Fsp3) is 0.167. The number of rotatable bonds is 0. The summed E-state index contributed by atoms with van der Waals surface area (Å²) < 4.78 is 1.70. The zero-order valence-corrected chi connectivity index (χ0v) is 5.96. The van der Waals surface area contributed by atoms with Crippen LogP contribution >= 0.6 is 0 Å². The predicted molar refractivity (Wildman–Crippen MR) is 37.9 cm³/mol. The van der Waals surface area contributed by atoms with Crippen LogP contribution in [-0.4, -0.2) is 15.0 Å². The zero-order valence-electron chi connectivity index (χ0n) is 5.96. The van der Waals surface area contributed by atoms with E-state index in [2.05, 4.69) is 15.0 Å². The Balaban J connectivity index is 3.08. The zero-order chi connectivity index (χ0) is 7.84. The average molecular weight is 151 g/mol. The van der Waals surface area contributed by atoms with E-state index in [1.54, 1.807) is 17.9 Å². The molecule has 2 aromatic heterocycles. The summed E-state index contributed by atoms with van der Waals surface area (Å²) in [5.41, 5.74) is 1.04. The quantitative estimate of drug-likeness (QED) is 0.478. The number of nitrogens with one attached hydrogen (secondary N) is 2. The van der Waals surface area contributed by atoms with E-state index in [0.717, 1.165) is 0 Å². The molecule has 56 valence electrons. The van der Waals surface area contributed by atoms with E-state index in [1.807, 2.05) is 0 Å². The van der Waals surface area contributed by atoms with Gasteiger partial charge in [-0.2, -0.15) is 4.98 Å². The minimum Gasteiger partial charge on any atom is -0.309 e. The molecule has 0 bridgehead atoms. The summed E-state index contributed by atoms with van der Waals surface area (Å²) in [6.45, 7) is 0. The summed E-state index contributed by atoms with van der Waals surface area (Å²) in [6, 6.07) is 0. The molecule has 5 heteroatoms. The van der Waals surface area contributed by atoms with Crippen molar-refractivity contribution in [2.24, 2.45) is 7.05 Å². The Morgan fingerprint density at radius 2 is 2.36 bits per heavy atom. The van der Waals surface area contributed by atoms with E-state index in [0.29, 0.717) is 11.2 Å². The first-order valence-corrected chi connectivity index (χ1v) is 3.19. The van der Waals surface area contributed by atoms with Crippen LogP contribution in [0.25, 0.3) is 11.2 Å². The highest BCUT2D eigenvalue weighted by atomic mass is 16.1. The summed E-state index contributed by atoms with van der Waals surface area (Å²) in [5, 5.41) is 0. The number of aryl methyl sites for hydroxylation is 1. The van der Waals surface area contributed by atoms with Crippen molar-refractivity contribution in [3.05, 3.63) is 23.0 Å². The standard InChI is InChI=1S/C6H6N4O/c1-10-3-9-5-4(10)6(11)8-2-7-5/h2-3H,1H3,(H,7,8,11)/p+1. The van der Waals surface area contributed by atoms with Gasteiger partial charge in [-0.3, -0.25) is 4.79 Å². The van der Waals surface area contributed by atoms with Crippen molar-refractivity contribution in [3.63, 3.8) is 0 Å². The van der Waals surface area contributed by atoms with Crippen LogP contribution in [0.15, 0.2) is 17.4 Å². The Morgan fingerprint density at radius 3 is 3.09 bits per heavy atom. The third-order valence-corrected chi connectivity index (χ3v) is 1.58. The second-order valence-electron chi connectivity index (χ2n) is 2.31. The van der Waals surface area contributed by atoms with Gasteiger partial charge in [0.2, 0.25) is 6.33 Å². The van der Waals surface area contributed by atoms with Gasteiger partial charge < -0.3 is 4.98 Å². The Morgan fingerprint density at radius 1 is 1.55 bits per heavy atom. The lowest BCUT2D eigenvalue weighted by atomic mass is 10.5. The van der Waals surface area contributed by atoms with Crippen LogP contribution < -0.4 is 10.1 Å². The predicted octanol–water partition coefficient (Wildman–Crippen LogP) is -0.924. The lowest BCUT2D eigenvalue weighted by Crippen LogP contribution is -2.30. The summed E-state index contributed by atoms with van der Waals surface area (Å²) in [6.07, 6.45) is 3.06. The summed E-state index contributed by atoms with van der Waals surface area (Å²) in [4.78, 5) is 20.4. The van der Waals surface area contributed by atoms with Gasteiger partial charge in [0.05, 0.1) is 13.4 Å². The van der Waals surface area contributed by atoms with E-state index in [4.69, 9.17) is 0 Å². The minimum atomic E-state index is -0.126. The summed E-state index contributed by atoms with van der Waals surface area (Å²) >= 11 is 0. The highest BCUT2D eigenvalue weighted by Crippen LogP contribution is 1.91. The van der Waals surface area contributed by atoms with E-state index >= 15 is 0 Å². The third-order valence-electron chi connectivity index (χ3n) is 1.58. The fourth-order valence-electron chi connectivity index (χ4n) is 1.05. The van der Waals surface area contributed by atoms with Gasteiger partial charge in [0.1, 0.15) is 0 Å². The van der Waals surface area contributed by atoms with Gasteiger partial charge in [-0.1, -0.05) is 0 Å². The molecule has 0 fully saturated rings. The molecule has 2 aromatic rings. The van der Waals surface area contributed by atoms with Crippen molar-refractivity contribution in [2.75, 3.05) is 0 Å². The first-order valence-electron chi connectivity index (χ1n) is 3.19. The van der Waals surface area contributed by atoms with E-state index in [9.17, 15) is 4.79 Å². The van der Waals surface area contributed by atoms with E-state index in [-0.39, 0.29) is 5.56 Å². The molecule has 5 nitrogen and oxygen atoms in total. The van der Waals surface area contributed by atoms with Gasteiger partial charge in [0.15, 0.2) is 0 Å². The Bertz CT molecular complexity index is 441. The molecule has 0 aliphatic rings. The molecule has 0 spiro atoms. The molecule has 0 saturated heterocycles. The Labute approximate surface area is 61.7 Å². The van der Waals surface area contributed by atoms with Crippen molar-refractivity contribution >= 4 is 11.2 Å². The minimum absolute atomic E-state index is 0.126. The molecule has 0 aliphatic carbocycles. The number of hydrogen-bond acceptors (Lipinski definition) is 2. The van der Waals surface area contributed by atoms with Crippen molar-refractivity contribution in [1.82, 2.24) is 15.0 Å². The maximum absolute atomic E-state index is 11.1. The van der Waals surface area contributed by atoms with Crippen LogP contribution in [-0.2, 0) is 7.05 Å². The molecule has 2 heterocycles. The monoisotopic (exact) mass is 151 g/mol. The van der Waals surface area contributed by atoms with Crippen LogP contribution in [0.2, 0.25) is 0 Å². The van der Waals surface area contributed by atoms with Crippen molar-refractivity contribution in [2.45, 2.75) is 0 Å². The number of fused-ring (bicyclic) bond motifs is 1. The molecular weight excluding hydrogens is 144 g/mol. The Kier molecular flexibility index (Phi) is 1.06. The van der Waals surface area contributed by atoms with Crippen molar-refractivity contribution in [1.29, 1.82) is 0 Å². The smallest absolute Gasteiger partial charge is 0.302 e. The van der Waals surface area contributed by atoms with Gasteiger partial charge in [0.25, 0.3) is 11.2 Å².